The highest BCUT2D eigenvalue weighted by molar-refractivity contribution is 7.14. The Morgan fingerprint density at radius 1 is 1.35 bits per heavy atom. The number of methoxy groups -OCH3 is 1. The van der Waals surface area contributed by atoms with E-state index in [1.165, 1.54) is 18.7 Å². The van der Waals surface area contributed by atoms with E-state index in [4.69, 9.17) is 9.47 Å². The van der Waals surface area contributed by atoms with Crippen molar-refractivity contribution in [3.05, 3.63) is 51.3 Å². The van der Waals surface area contributed by atoms with Gasteiger partial charge in [-0.2, -0.15) is 0 Å². The van der Waals surface area contributed by atoms with E-state index in [0.717, 1.165) is 11.3 Å². The summed E-state index contributed by atoms with van der Waals surface area (Å²) in [6.45, 7) is 1.92. The number of pyridine rings is 1. The molecule has 2 heterocycles. The first-order chi connectivity index (χ1) is 12.5. The highest BCUT2D eigenvalue weighted by Crippen LogP contribution is 2.19. The number of carbonyl (C=O) groups is 2. The number of nitrogens with one attached hydrogen (secondary N) is 2. The van der Waals surface area contributed by atoms with Crippen molar-refractivity contribution in [2.75, 3.05) is 19.0 Å². The molecule has 9 heteroatoms. The molecule has 2 N–H and O–H groups in total. The highest BCUT2D eigenvalue weighted by atomic mass is 32.1. The van der Waals surface area contributed by atoms with Crippen molar-refractivity contribution in [1.29, 1.82) is 0 Å². The monoisotopic (exact) mass is 373 g/mol. The number of nitrogens with zero attached hydrogens (tertiary/aromatic N) is 1. The summed E-state index contributed by atoms with van der Waals surface area (Å²) in [4.78, 5) is 43.5. The molecule has 0 aliphatic heterocycles. The van der Waals surface area contributed by atoms with Crippen LogP contribution in [0.2, 0.25) is 0 Å². The summed E-state index contributed by atoms with van der Waals surface area (Å²) in [5.74, 6) is -0.680. The molecular formula is C17H15N3O5S. The summed E-state index contributed by atoms with van der Waals surface area (Å²) >= 11 is 1.07. The zero-order valence-corrected chi connectivity index (χ0v) is 14.8. The number of ether oxygens (including phenoxy) is 2. The average molecular weight is 373 g/mol. The number of fused-ring (bicyclic) bond motifs is 1. The van der Waals surface area contributed by atoms with E-state index in [9.17, 15) is 14.4 Å². The maximum atomic E-state index is 12.6. The zero-order valence-electron chi connectivity index (χ0n) is 14.0. The smallest absolute Gasteiger partial charge is 0.357 e. The van der Waals surface area contributed by atoms with Crippen LogP contribution in [0, 0.1) is 0 Å². The maximum absolute atomic E-state index is 12.6. The average Bonchev–Trinajstić information content (AvgIpc) is 3.10. The molecule has 8 nitrogen and oxygen atoms in total. The Morgan fingerprint density at radius 3 is 2.88 bits per heavy atom. The third-order valence-electron chi connectivity index (χ3n) is 3.54. The molecule has 1 aromatic carbocycles. The second-order valence-electron chi connectivity index (χ2n) is 5.16. The molecule has 0 bridgehead atoms. The lowest BCUT2D eigenvalue weighted by molar-refractivity contribution is 0.0520. The third-order valence-corrected chi connectivity index (χ3v) is 4.30. The normalized spacial score (nSPS) is 10.5. The molecule has 2 aromatic heterocycles. The Balaban J connectivity index is 1.87. The fourth-order valence-corrected chi connectivity index (χ4v) is 2.96. The summed E-state index contributed by atoms with van der Waals surface area (Å²) in [5, 5.41) is 4.53. The van der Waals surface area contributed by atoms with Gasteiger partial charge >= 0.3 is 5.97 Å². The van der Waals surface area contributed by atoms with Crippen molar-refractivity contribution >= 4 is 39.2 Å². The number of anilines is 1. The quantitative estimate of drug-likeness (QED) is 0.665. The molecule has 1 amide bonds. The Kier molecular flexibility index (Phi) is 4.99. The topological polar surface area (TPSA) is 110 Å². The Hall–Kier alpha value is -3.20. The van der Waals surface area contributed by atoms with Crippen LogP contribution in [0.3, 0.4) is 0 Å². The number of benzene rings is 1. The molecule has 26 heavy (non-hydrogen) atoms. The lowest BCUT2D eigenvalue weighted by Crippen LogP contribution is -2.22. The van der Waals surface area contributed by atoms with E-state index >= 15 is 0 Å². The summed E-state index contributed by atoms with van der Waals surface area (Å²) < 4.78 is 9.96. The number of carbonyl (C=O) groups excluding carboxylic acids is 2. The van der Waals surface area contributed by atoms with Crippen LogP contribution < -0.4 is 15.5 Å². The van der Waals surface area contributed by atoms with Gasteiger partial charge in [0.05, 0.1) is 13.7 Å². The zero-order chi connectivity index (χ0) is 18.7. The van der Waals surface area contributed by atoms with Gasteiger partial charge in [-0.3, -0.25) is 14.9 Å². The van der Waals surface area contributed by atoms with Crippen LogP contribution in [-0.4, -0.2) is 35.6 Å². The molecule has 0 aliphatic carbocycles. The van der Waals surface area contributed by atoms with Gasteiger partial charge in [0.15, 0.2) is 10.8 Å². The van der Waals surface area contributed by atoms with E-state index in [-0.39, 0.29) is 23.0 Å². The van der Waals surface area contributed by atoms with Gasteiger partial charge in [0.2, 0.25) is 5.43 Å². The van der Waals surface area contributed by atoms with Gasteiger partial charge in [0.25, 0.3) is 5.91 Å². The number of aromatic nitrogens is 2. The molecule has 0 radical (unpaired) electrons. The predicted molar refractivity (Wildman–Crippen MR) is 97.1 cm³/mol. The number of aromatic amines is 1. The summed E-state index contributed by atoms with van der Waals surface area (Å²) in [7, 11) is 1.50. The minimum absolute atomic E-state index is 0.0707. The first kappa shape index (κ1) is 17.6. The molecule has 0 aliphatic rings. The molecule has 0 saturated carbocycles. The second kappa shape index (κ2) is 7.36. The van der Waals surface area contributed by atoms with E-state index in [2.05, 4.69) is 15.3 Å². The molecular weight excluding hydrogens is 358 g/mol. The van der Waals surface area contributed by atoms with Gasteiger partial charge in [0, 0.05) is 22.5 Å². The number of amides is 1. The first-order valence-electron chi connectivity index (χ1n) is 7.67. The number of H-pyrrole nitrogens is 1. The molecule has 134 valence electrons. The maximum Gasteiger partial charge on any atom is 0.357 e. The van der Waals surface area contributed by atoms with Crippen molar-refractivity contribution < 1.29 is 19.1 Å². The van der Waals surface area contributed by atoms with Gasteiger partial charge in [-0.1, -0.05) is 0 Å². The lowest BCUT2D eigenvalue weighted by Gasteiger charge is -2.05. The lowest BCUT2D eigenvalue weighted by atomic mass is 10.1. The molecule has 0 spiro atoms. The molecule has 0 fully saturated rings. The first-order valence-corrected chi connectivity index (χ1v) is 8.55. The number of hydrogen-bond acceptors (Lipinski definition) is 7. The van der Waals surface area contributed by atoms with Gasteiger partial charge in [-0.15, -0.1) is 11.3 Å². The molecule has 3 aromatic rings. The number of hydrogen-bond donors (Lipinski definition) is 2. The van der Waals surface area contributed by atoms with Crippen molar-refractivity contribution in [3.63, 3.8) is 0 Å². The largest absolute Gasteiger partial charge is 0.497 e. The summed E-state index contributed by atoms with van der Waals surface area (Å²) in [6, 6.07) is 4.97. The van der Waals surface area contributed by atoms with Gasteiger partial charge < -0.3 is 14.5 Å². The van der Waals surface area contributed by atoms with Crippen LogP contribution in [0.25, 0.3) is 10.9 Å². The van der Waals surface area contributed by atoms with Gasteiger partial charge in [0.1, 0.15) is 11.3 Å². The van der Waals surface area contributed by atoms with Crippen molar-refractivity contribution in [1.82, 2.24) is 9.97 Å². The Bertz CT molecular complexity index is 1040. The van der Waals surface area contributed by atoms with Crippen molar-refractivity contribution in [2.45, 2.75) is 6.92 Å². The van der Waals surface area contributed by atoms with Gasteiger partial charge in [-0.25, -0.2) is 9.78 Å². The number of rotatable bonds is 5. The molecule has 3 rings (SSSR count). The standard InChI is InChI=1S/C17H15N3O5S/c1-3-25-16(23)13-8-26-17(19-13)20-15(22)11-7-18-12-5-4-9(24-2)6-10(12)14(11)21/h4-8H,3H2,1-2H3,(H,18,21)(H,19,20,22). The van der Waals surface area contributed by atoms with E-state index in [0.29, 0.717) is 16.7 Å². The van der Waals surface area contributed by atoms with E-state index in [1.54, 1.807) is 25.1 Å². The van der Waals surface area contributed by atoms with E-state index in [1.807, 2.05) is 0 Å². The third kappa shape index (κ3) is 3.42. The molecule has 0 saturated heterocycles. The fourth-order valence-electron chi connectivity index (χ4n) is 2.29. The van der Waals surface area contributed by atoms with Crippen LogP contribution in [0.4, 0.5) is 5.13 Å². The van der Waals surface area contributed by atoms with Crippen LogP contribution in [-0.2, 0) is 4.74 Å². The van der Waals surface area contributed by atoms with Crippen molar-refractivity contribution in [3.8, 4) is 5.75 Å². The minimum atomic E-state index is -0.624. The number of thiazole rings is 1. The fraction of sp³-hybridized carbons (Fsp3) is 0.176. The second-order valence-corrected chi connectivity index (χ2v) is 6.01. The molecule has 0 atom stereocenters. The molecule has 0 unspecified atom stereocenters. The van der Waals surface area contributed by atoms with Crippen LogP contribution in [0.5, 0.6) is 5.75 Å². The Labute approximate surface area is 151 Å². The van der Waals surface area contributed by atoms with Crippen LogP contribution in [0.15, 0.2) is 34.6 Å². The van der Waals surface area contributed by atoms with Crippen LogP contribution in [0.1, 0.15) is 27.8 Å². The minimum Gasteiger partial charge on any atom is -0.497 e. The highest BCUT2D eigenvalue weighted by Gasteiger charge is 2.17. The van der Waals surface area contributed by atoms with E-state index < -0.39 is 17.3 Å². The SMILES string of the molecule is CCOC(=O)c1csc(NC(=O)c2c[nH]c3ccc(OC)cc3c2=O)n1. The summed E-state index contributed by atoms with van der Waals surface area (Å²) in [5.41, 5.74) is 0.187. The van der Waals surface area contributed by atoms with Gasteiger partial charge in [-0.05, 0) is 25.1 Å². The van der Waals surface area contributed by atoms with Crippen molar-refractivity contribution in [2.24, 2.45) is 0 Å². The Morgan fingerprint density at radius 2 is 2.15 bits per heavy atom. The predicted octanol–water partition coefficient (Wildman–Crippen LogP) is 2.42. The summed E-state index contributed by atoms with van der Waals surface area (Å²) in [6.07, 6.45) is 1.34. The van der Waals surface area contributed by atoms with Crippen LogP contribution >= 0.6 is 11.3 Å². The number of esters is 1.